The van der Waals surface area contributed by atoms with Crippen molar-refractivity contribution in [1.82, 2.24) is 0 Å². The molecule has 5 heteroatoms. The highest BCUT2D eigenvalue weighted by atomic mass is 16.5. The summed E-state index contributed by atoms with van der Waals surface area (Å²) in [5.41, 5.74) is 5.06. The molecule has 2 unspecified atom stereocenters. The molecule has 1 saturated heterocycles. The van der Waals surface area contributed by atoms with E-state index < -0.39 is 0 Å². The van der Waals surface area contributed by atoms with Gasteiger partial charge >= 0.3 is 0 Å². The number of hydrogen-bond donors (Lipinski definition) is 2. The zero-order chi connectivity index (χ0) is 14.4. The first-order valence-corrected chi connectivity index (χ1v) is 7.16. The summed E-state index contributed by atoms with van der Waals surface area (Å²) in [6.07, 6.45) is 1.53. The molecule has 0 aromatic rings. The monoisotopic (exact) mass is 273 g/mol. The molecular formula is C14H27NO4. The molecule has 1 rings (SSSR count). The van der Waals surface area contributed by atoms with Crippen LogP contribution in [0.1, 0.15) is 40.0 Å². The van der Waals surface area contributed by atoms with Crippen LogP contribution in [0.5, 0.6) is 0 Å². The fourth-order valence-electron chi connectivity index (χ4n) is 2.60. The quantitative estimate of drug-likeness (QED) is 0.680. The first-order chi connectivity index (χ1) is 8.97. The fraction of sp³-hybridized carbons (Fsp3) is 0.929. The number of hydrogen-bond acceptors (Lipinski definition) is 4. The molecule has 0 bridgehead atoms. The topological polar surface area (TPSA) is 81.8 Å². The molecule has 5 nitrogen and oxygen atoms in total. The van der Waals surface area contributed by atoms with E-state index in [0.717, 1.165) is 6.42 Å². The molecule has 1 aliphatic rings. The Hall–Kier alpha value is -0.650. The highest BCUT2D eigenvalue weighted by Gasteiger charge is 2.39. The molecule has 1 aliphatic heterocycles. The van der Waals surface area contributed by atoms with Crippen molar-refractivity contribution in [3.8, 4) is 0 Å². The second kappa shape index (κ2) is 7.82. The van der Waals surface area contributed by atoms with Gasteiger partial charge in [-0.1, -0.05) is 20.8 Å². The number of nitrogens with two attached hydrogens (primary N) is 1. The lowest BCUT2D eigenvalue weighted by molar-refractivity contribution is -0.180. The molecule has 1 fully saturated rings. The lowest BCUT2D eigenvalue weighted by Crippen LogP contribution is -2.50. The first-order valence-electron chi connectivity index (χ1n) is 7.16. The summed E-state index contributed by atoms with van der Waals surface area (Å²) >= 11 is 0. The molecule has 0 aromatic heterocycles. The van der Waals surface area contributed by atoms with Gasteiger partial charge in [0.05, 0.1) is 24.9 Å². The second-order valence-corrected chi connectivity index (χ2v) is 5.47. The number of aliphatic hydroxyl groups is 1. The van der Waals surface area contributed by atoms with E-state index in [2.05, 4.69) is 6.92 Å². The van der Waals surface area contributed by atoms with Crippen molar-refractivity contribution >= 4 is 5.91 Å². The lowest BCUT2D eigenvalue weighted by atomic mass is 9.82. The summed E-state index contributed by atoms with van der Waals surface area (Å²) in [4.78, 5) is 10.6. The summed E-state index contributed by atoms with van der Waals surface area (Å²) < 4.78 is 11.5. The van der Waals surface area contributed by atoms with Gasteiger partial charge in [-0.25, -0.2) is 0 Å². The van der Waals surface area contributed by atoms with Crippen molar-refractivity contribution in [1.29, 1.82) is 0 Å². The van der Waals surface area contributed by atoms with Gasteiger partial charge in [-0.15, -0.1) is 0 Å². The number of amides is 1. The second-order valence-electron chi connectivity index (χ2n) is 5.47. The highest BCUT2D eigenvalue weighted by molar-refractivity contribution is 5.73. The molecule has 0 saturated carbocycles. The van der Waals surface area contributed by atoms with E-state index in [1.807, 2.05) is 13.8 Å². The summed E-state index contributed by atoms with van der Waals surface area (Å²) in [5, 5.41) is 10.2. The van der Waals surface area contributed by atoms with Gasteiger partial charge in [-0.05, 0) is 12.8 Å². The maximum absolute atomic E-state index is 10.6. The third kappa shape index (κ3) is 4.75. The van der Waals surface area contributed by atoms with Crippen molar-refractivity contribution in [2.24, 2.45) is 17.6 Å². The maximum atomic E-state index is 10.6. The number of aliphatic hydroxyl groups excluding tert-OH is 1. The number of primary amides is 1. The molecule has 5 atom stereocenters. The van der Waals surface area contributed by atoms with Crippen LogP contribution in [0.3, 0.4) is 0 Å². The Bertz CT molecular complexity index is 283. The van der Waals surface area contributed by atoms with Crippen LogP contribution in [-0.2, 0) is 14.3 Å². The average molecular weight is 273 g/mol. The van der Waals surface area contributed by atoms with Crippen LogP contribution in [-0.4, -0.2) is 42.5 Å². The van der Waals surface area contributed by atoms with E-state index in [1.165, 1.54) is 0 Å². The minimum absolute atomic E-state index is 0.0638. The van der Waals surface area contributed by atoms with Gasteiger partial charge in [-0.3, -0.25) is 4.79 Å². The molecule has 1 amide bonds. The summed E-state index contributed by atoms with van der Waals surface area (Å²) in [7, 11) is 0. The maximum Gasteiger partial charge on any atom is 0.217 e. The van der Waals surface area contributed by atoms with E-state index >= 15 is 0 Å². The molecule has 112 valence electrons. The number of carbonyl (C=O) groups excluding carboxylic acids is 1. The normalized spacial score (nSPS) is 35.3. The van der Waals surface area contributed by atoms with Gasteiger partial charge in [0.2, 0.25) is 5.91 Å². The Balaban J connectivity index is 2.33. The van der Waals surface area contributed by atoms with Gasteiger partial charge in [0.15, 0.2) is 0 Å². The minimum Gasteiger partial charge on any atom is -0.392 e. The van der Waals surface area contributed by atoms with Gasteiger partial charge in [-0.2, -0.15) is 0 Å². The van der Waals surface area contributed by atoms with E-state index in [-0.39, 0.29) is 36.1 Å². The Labute approximate surface area is 115 Å². The first kappa shape index (κ1) is 16.4. The largest absolute Gasteiger partial charge is 0.392 e. The van der Waals surface area contributed by atoms with Crippen molar-refractivity contribution in [2.45, 2.75) is 58.3 Å². The van der Waals surface area contributed by atoms with Gasteiger partial charge in [0.1, 0.15) is 0 Å². The third-order valence-electron chi connectivity index (χ3n) is 4.00. The van der Waals surface area contributed by atoms with Crippen LogP contribution < -0.4 is 5.73 Å². The number of rotatable bonds is 7. The smallest absolute Gasteiger partial charge is 0.217 e. The Morgan fingerprint density at radius 1 is 1.32 bits per heavy atom. The van der Waals surface area contributed by atoms with Crippen molar-refractivity contribution in [3.63, 3.8) is 0 Å². The lowest BCUT2D eigenvalue weighted by Gasteiger charge is -2.42. The molecule has 0 aromatic carbocycles. The number of carbonyl (C=O) groups is 1. The average Bonchev–Trinajstić information content (AvgIpc) is 2.37. The predicted octanol–water partition coefficient (Wildman–Crippen LogP) is 1.08. The number of ether oxygens (including phenoxy) is 2. The Morgan fingerprint density at radius 3 is 2.53 bits per heavy atom. The van der Waals surface area contributed by atoms with Gasteiger partial charge < -0.3 is 20.3 Å². The molecular weight excluding hydrogens is 246 g/mol. The Morgan fingerprint density at radius 2 is 1.95 bits per heavy atom. The van der Waals surface area contributed by atoms with Crippen LogP contribution in [0.2, 0.25) is 0 Å². The summed E-state index contributed by atoms with van der Waals surface area (Å²) in [6, 6.07) is 0. The molecule has 3 N–H and O–H groups in total. The highest BCUT2D eigenvalue weighted by Crippen LogP contribution is 2.31. The van der Waals surface area contributed by atoms with E-state index in [9.17, 15) is 9.90 Å². The van der Waals surface area contributed by atoms with Crippen molar-refractivity contribution < 1.29 is 19.4 Å². The van der Waals surface area contributed by atoms with Crippen LogP contribution >= 0.6 is 0 Å². The zero-order valence-electron chi connectivity index (χ0n) is 12.2. The minimum atomic E-state index is -0.349. The van der Waals surface area contributed by atoms with E-state index in [1.54, 1.807) is 0 Å². The van der Waals surface area contributed by atoms with Gasteiger partial charge in [0.25, 0.3) is 0 Å². The SMILES string of the molecule is CC[C@H]1O[C@@H](COCCCC(N)=O)C(C)[C@@H](O)C1C. The van der Waals surface area contributed by atoms with Crippen LogP contribution in [0.25, 0.3) is 0 Å². The third-order valence-corrected chi connectivity index (χ3v) is 4.00. The van der Waals surface area contributed by atoms with Crippen molar-refractivity contribution in [3.05, 3.63) is 0 Å². The molecule has 19 heavy (non-hydrogen) atoms. The van der Waals surface area contributed by atoms with Crippen molar-refractivity contribution in [2.75, 3.05) is 13.2 Å². The Kier molecular flexibility index (Phi) is 6.75. The van der Waals surface area contributed by atoms with Crippen LogP contribution in [0.4, 0.5) is 0 Å². The molecule has 0 spiro atoms. The molecule has 1 heterocycles. The summed E-state index contributed by atoms with van der Waals surface area (Å²) in [5.74, 6) is -0.0822. The summed E-state index contributed by atoms with van der Waals surface area (Å²) in [6.45, 7) is 7.04. The molecule has 0 radical (unpaired) electrons. The fourth-order valence-corrected chi connectivity index (χ4v) is 2.60. The van der Waals surface area contributed by atoms with E-state index in [4.69, 9.17) is 15.2 Å². The molecule has 0 aliphatic carbocycles. The van der Waals surface area contributed by atoms with Crippen LogP contribution in [0.15, 0.2) is 0 Å². The zero-order valence-corrected chi connectivity index (χ0v) is 12.2. The predicted molar refractivity (Wildman–Crippen MR) is 72.5 cm³/mol. The van der Waals surface area contributed by atoms with Gasteiger partial charge in [0, 0.05) is 24.9 Å². The van der Waals surface area contributed by atoms with E-state index in [0.29, 0.717) is 26.1 Å². The van der Waals surface area contributed by atoms with Crippen LogP contribution in [0, 0.1) is 11.8 Å². The standard InChI is InChI=1S/C14H27NO4/c1-4-11-9(2)14(17)10(3)12(19-11)8-18-7-5-6-13(15)16/h9-12,14,17H,4-8H2,1-3H3,(H2,15,16)/t9?,10?,11-,12+,14+/m1/s1.